The van der Waals surface area contributed by atoms with Crippen LogP contribution in [0.2, 0.25) is 0 Å². The molecule has 0 amide bonds. The van der Waals surface area contributed by atoms with E-state index in [9.17, 15) is 0 Å². The minimum atomic E-state index is 0.817. The smallest absolute Gasteiger partial charge is 0.0631 e. The SMILES string of the molecule is Cc1cnc(Cc2c[nH]c3ccccc23)cn1. The molecule has 0 aliphatic heterocycles. The summed E-state index contributed by atoms with van der Waals surface area (Å²) in [6.07, 6.45) is 6.52. The molecule has 0 spiro atoms. The second kappa shape index (κ2) is 4.01. The van der Waals surface area contributed by atoms with Crippen LogP contribution >= 0.6 is 0 Å². The minimum absolute atomic E-state index is 0.817. The monoisotopic (exact) mass is 223 g/mol. The van der Waals surface area contributed by atoms with E-state index in [0.717, 1.165) is 17.8 Å². The molecule has 0 radical (unpaired) electrons. The maximum atomic E-state index is 4.38. The van der Waals surface area contributed by atoms with Gasteiger partial charge in [-0.15, -0.1) is 0 Å². The van der Waals surface area contributed by atoms with Crippen LogP contribution in [0.5, 0.6) is 0 Å². The third-order valence-electron chi connectivity index (χ3n) is 2.88. The molecule has 0 bridgehead atoms. The van der Waals surface area contributed by atoms with Crippen LogP contribution in [-0.2, 0) is 6.42 Å². The van der Waals surface area contributed by atoms with Gasteiger partial charge in [-0.05, 0) is 18.6 Å². The number of para-hydroxylation sites is 1. The van der Waals surface area contributed by atoms with Gasteiger partial charge >= 0.3 is 0 Å². The highest BCUT2D eigenvalue weighted by Crippen LogP contribution is 2.19. The zero-order valence-electron chi connectivity index (χ0n) is 9.64. The van der Waals surface area contributed by atoms with Crippen LogP contribution < -0.4 is 0 Å². The molecule has 0 saturated heterocycles. The molecule has 0 fully saturated rings. The van der Waals surface area contributed by atoms with E-state index in [4.69, 9.17) is 0 Å². The molecule has 3 aromatic rings. The number of nitrogens with one attached hydrogen (secondary N) is 1. The zero-order chi connectivity index (χ0) is 11.7. The summed E-state index contributed by atoms with van der Waals surface area (Å²) < 4.78 is 0. The third-order valence-corrected chi connectivity index (χ3v) is 2.88. The number of rotatable bonds is 2. The first-order valence-corrected chi connectivity index (χ1v) is 5.65. The van der Waals surface area contributed by atoms with Gasteiger partial charge in [0.15, 0.2) is 0 Å². The largest absolute Gasteiger partial charge is 0.361 e. The Bertz CT molecular complexity index is 638. The van der Waals surface area contributed by atoms with Gasteiger partial charge in [-0.1, -0.05) is 18.2 Å². The van der Waals surface area contributed by atoms with Crippen molar-refractivity contribution in [2.24, 2.45) is 0 Å². The van der Waals surface area contributed by atoms with Crippen LogP contribution in [0.4, 0.5) is 0 Å². The Morgan fingerprint density at radius 3 is 2.82 bits per heavy atom. The van der Waals surface area contributed by atoms with Crippen molar-refractivity contribution in [1.82, 2.24) is 15.0 Å². The quantitative estimate of drug-likeness (QED) is 0.725. The highest BCUT2D eigenvalue weighted by Gasteiger charge is 2.04. The van der Waals surface area contributed by atoms with Crippen LogP contribution in [0.25, 0.3) is 10.9 Å². The van der Waals surface area contributed by atoms with E-state index in [-0.39, 0.29) is 0 Å². The van der Waals surface area contributed by atoms with Crippen LogP contribution in [0.1, 0.15) is 17.0 Å². The molecule has 3 nitrogen and oxygen atoms in total. The normalized spacial score (nSPS) is 10.9. The number of benzene rings is 1. The van der Waals surface area contributed by atoms with E-state index in [1.54, 1.807) is 0 Å². The van der Waals surface area contributed by atoms with Gasteiger partial charge < -0.3 is 4.98 Å². The van der Waals surface area contributed by atoms with Crippen LogP contribution in [0, 0.1) is 6.92 Å². The van der Waals surface area contributed by atoms with E-state index >= 15 is 0 Å². The van der Waals surface area contributed by atoms with Gasteiger partial charge in [0.2, 0.25) is 0 Å². The van der Waals surface area contributed by atoms with Gasteiger partial charge in [-0.25, -0.2) is 0 Å². The summed E-state index contributed by atoms with van der Waals surface area (Å²) in [5, 5.41) is 1.26. The highest BCUT2D eigenvalue weighted by atomic mass is 14.8. The maximum absolute atomic E-state index is 4.38. The Hall–Kier alpha value is -2.16. The first kappa shape index (κ1) is 10.0. The molecule has 2 aromatic heterocycles. The fraction of sp³-hybridized carbons (Fsp3) is 0.143. The van der Waals surface area contributed by atoms with E-state index < -0.39 is 0 Å². The second-order valence-corrected chi connectivity index (χ2v) is 4.19. The van der Waals surface area contributed by atoms with Gasteiger partial charge in [-0.2, -0.15) is 0 Å². The number of fused-ring (bicyclic) bond motifs is 1. The van der Waals surface area contributed by atoms with Crippen molar-refractivity contribution in [3.05, 3.63) is 59.8 Å². The molecule has 0 saturated carbocycles. The Kier molecular flexibility index (Phi) is 2.37. The number of aromatic amines is 1. The Morgan fingerprint density at radius 2 is 2.00 bits per heavy atom. The lowest BCUT2D eigenvalue weighted by atomic mass is 10.1. The summed E-state index contributed by atoms with van der Waals surface area (Å²) in [6.45, 7) is 1.95. The molecule has 0 aliphatic carbocycles. The Morgan fingerprint density at radius 1 is 1.12 bits per heavy atom. The minimum Gasteiger partial charge on any atom is -0.361 e. The predicted molar refractivity (Wildman–Crippen MR) is 67.9 cm³/mol. The highest BCUT2D eigenvalue weighted by molar-refractivity contribution is 5.83. The van der Waals surface area contributed by atoms with Crippen molar-refractivity contribution in [3.63, 3.8) is 0 Å². The number of hydrogen-bond acceptors (Lipinski definition) is 2. The molecule has 2 heterocycles. The molecule has 3 heteroatoms. The lowest BCUT2D eigenvalue weighted by Gasteiger charge is -1.99. The molecule has 1 N–H and O–H groups in total. The van der Waals surface area contributed by atoms with Gasteiger partial charge in [0.05, 0.1) is 11.4 Å². The Balaban J connectivity index is 1.97. The summed E-state index contributed by atoms with van der Waals surface area (Å²) in [7, 11) is 0. The van der Waals surface area contributed by atoms with Gasteiger partial charge in [0.25, 0.3) is 0 Å². The summed E-state index contributed by atoms with van der Waals surface area (Å²) in [4.78, 5) is 11.9. The maximum Gasteiger partial charge on any atom is 0.0631 e. The molecule has 1 aromatic carbocycles. The molecule has 0 unspecified atom stereocenters. The summed E-state index contributed by atoms with van der Waals surface area (Å²) in [5.41, 5.74) is 4.38. The zero-order valence-corrected chi connectivity index (χ0v) is 9.64. The molecule has 3 rings (SSSR count). The lowest BCUT2D eigenvalue weighted by Crippen LogP contribution is -1.93. The average Bonchev–Trinajstić information content (AvgIpc) is 2.76. The number of H-pyrrole nitrogens is 1. The average molecular weight is 223 g/mol. The first-order valence-electron chi connectivity index (χ1n) is 5.65. The first-order chi connectivity index (χ1) is 8.33. The number of nitrogens with zero attached hydrogens (tertiary/aromatic N) is 2. The molecule has 84 valence electrons. The summed E-state index contributed by atoms with van der Waals surface area (Å²) in [6, 6.07) is 8.30. The topological polar surface area (TPSA) is 41.6 Å². The van der Waals surface area contributed by atoms with E-state index in [2.05, 4.69) is 33.2 Å². The van der Waals surface area contributed by atoms with Crippen molar-refractivity contribution in [1.29, 1.82) is 0 Å². The van der Waals surface area contributed by atoms with Crippen molar-refractivity contribution in [3.8, 4) is 0 Å². The van der Waals surface area contributed by atoms with E-state index in [1.807, 2.05) is 31.6 Å². The molecule has 0 aliphatic rings. The number of aromatic nitrogens is 3. The van der Waals surface area contributed by atoms with Crippen molar-refractivity contribution < 1.29 is 0 Å². The Labute approximate surface area is 99.5 Å². The molecule has 17 heavy (non-hydrogen) atoms. The fourth-order valence-corrected chi connectivity index (χ4v) is 1.98. The van der Waals surface area contributed by atoms with Crippen LogP contribution in [-0.4, -0.2) is 15.0 Å². The standard InChI is InChI=1S/C14H13N3/c1-10-7-16-12(9-15-10)6-11-8-17-14-5-3-2-4-13(11)14/h2-5,7-9,17H,6H2,1H3. The molecule has 0 atom stereocenters. The van der Waals surface area contributed by atoms with E-state index in [1.165, 1.54) is 16.5 Å². The van der Waals surface area contributed by atoms with Gasteiger partial charge in [0.1, 0.15) is 0 Å². The molecular formula is C14H13N3. The molecular weight excluding hydrogens is 210 g/mol. The predicted octanol–water partition coefficient (Wildman–Crippen LogP) is 2.86. The van der Waals surface area contributed by atoms with Crippen LogP contribution in [0.15, 0.2) is 42.9 Å². The number of aryl methyl sites for hydroxylation is 1. The van der Waals surface area contributed by atoms with Crippen molar-refractivity contribution in [2.45, 2.75) is 13.3 Å². The lowest BCUT2D eigenvalue weighted by molar-refractivity contribution is 1.01. The van der Waals surface area contributed by atoms with Crippen molar-refractivity contribution >= 4 is 10.9 Å². The van der Waals surface area contributed by atoms with Gasteiger partial charge in [-0.3, -0.25) is 9.97 Å². The summed E-state index contributed by atoms with van der Waals surface area (Å²) in [5.74, 6) is 0. The van der Waals surface area contributed by atoms with Crippen molar-refractivity contribution in [2.75, 3.05) is 0 Å². The summed E-state index contributed by atoms with van der Waals surface area (Å²) >= 11 is 0. The third kappa shape index (κ3) is 1.91. The fourth-order valence-electron chi connectivity index (χ4n) is 1.98. The second-order valence-electron chi connectivity index (χ2n) is 4.19. The number of hydrogen-bond donors (Lipinski definition) is 1. The van der Waals surface area contributed by atoms with E-state index in [0.29, 0.717) is 0 Å². The van der Waals surface area contributed by atoms with Crippen LogP contribution in [0.3, 0.4) is 0 Å². The van der Waals surface area contributed by atoms with Gasteiger partial charge in [0, 0.05) is 35.9 Å².